The van der Waals surface area contributed by atoms with Crippen molar-refractivity contribution in [2.24, 2.45) is 5.73 Å². The van der Waals surface area contributed by atoms with Crippen LogP contribution in [0.2, 0.25) is 0 Å². The summed E-state index contributed by atoms with van der Waals surface area (Å²) in [6.45, 7) is 0.533. The maximum atomic E-state index is 13.5. The highest BCUT2D eigenvalue weighted by Crippen LogP contribution is 2.22. The summed E-state index contributed by atoms with van der Waals surface area (Å²) in [5, 5.41) is 3.71. The minimum Gasteiger partial charge on any atom is -0.334 e. The SMILES string of the molecule is CN(C)CC(N)c1noc(-c2ccc(F)cc2F)n1. The molecule has 5 nitrogen and oxygen atoms in total. The van der Waals surface area contributed by atoms with E-state index in [1.54, 1.807) is 0 Å². The second-order valence-corrected chi connectivity index (χ2v) is 4.45. The molecule has 0 saturated heterocycles. The predicted octanol–water partition coefficient (Wildman–Crippen LogP) is 1.58. The van der Waals surface area contributed by atoms with Gasteiger partial charge in [0.25, 0.3) is 5.89 Å². The summed E-state index contributed by atoms with van der Waals surface area (Å²) in [7, 11) is 3.72. The molecule has 19 heavy (non-hydrogen) atoms. The van der Waals surface area contributed by atoms with Gasteiger partial charge in [0.05, 0.1) is 11.6 Å². The van der Waals surface area contributed by atoms with Gasteiger partial charge in [-0.25, -0.2) is 8.78 Å². The first-order valence-corrected chi connectivity index (χ1v) is 5.66. The van der Waals surface area contributed by atoms with E-state index in [4.69, 9.17) is 10.3 Å². The summed E-state index contributed by atoms with van der Waals surface area (Å²) in [5.41, 5.74) is 5.92. The number of aromatic nitrogens is 2. The maximum absolute atomic E-state index is 13.5. The molecule has 0 fully saturated rings. The van der Waals surface area contributed by atoms with Crippen molar-refractivity contribution in [2.75, 3.05) is 20.6 Å². The molecule has 7 heteroatoms. The van der Waals surface area contributed by atoms with Gasteiger partial charge in [-0.3, -0.25) is 0 Å². The third-order valence-corrected chi connectivity index (χ3v) is 2.50. The smallest absolute Gasteiger partial charge is 0.260 e. The van der Waals surface area contributed by atoms with Crippen LogP contribution < -0.4 is 5.73 Å². The van der Waals surface area contributed by atoms with E-state index in [1.165, 1.54) is 6.07 Å². The lowest BCUT2D eigenvalue weighted by molar-refractivity contribution is 0.357. The first-order chi connectivity index (χ1) is 8.97. The number of nitrogens with zero attached hydrogens (tertiary/aromatic N) is 3. The van der Waals surface area contributed by atoms with Crippen LogP contribution in [0, 0.1) is 11.6 Å². The van der Waals surface area contributed by atoms with Crippen molar-refractivity contribution in [3.63, 3.8) is 0 Å². The minimum atomic E-state index is -0.753. The van der Waals surface area contributed by atoms with Gasteiger partial charge in [0.1, 0.15) is 11.6 Å². The fourth-order valence-electron chi connectivity index (χ4n) is 1.63. The second-order valence-electron chi connectivity index (χ2n) is 4.45. The van der Waals surface area contributed by atoms with Crippen molar-refractivity contribution in [3.8, 4) is 11.5 Å². The Morgan fingerprint density at radius 2 is 2.11 bits per heavy atom. The molecule has 1 unspecified atom stereocenters. The van der Waals surface area contributed by atoms with E-state index in [-0.39, 0.29) is 17.3 Å². The largest absolute Gasteiger partial charge is 0.334 e. The first-order valence-electron chi connectivity index (χ1n) is 5.66. The Kier molecular flexibility index (Phi) is 3.87. The molecule has 0 radical (unpaired) electrons. The van der Waals surface area contributed by atoms with Crippen molar-refractivity contribution in [1.29, 1.82) is 0 Å². The molecule has 2 rings (SSSR count). The van der Waals surface area contributed by atoms with Crippen LogP contribution in [0.1, 0.15) is 11.9 Å². The molecule has 102 valence electrons. The molecular formula is C12H14F2N4O. The highest BCUT2D eigenvalue weighted by atomic mass is 19.1. The maximum Gasteiger partial charge on any atom is 0.260 e. The van der Waals surface area contributed by atoms with Crippen molar-refractivity contribution >= 4 is 0 Å². The lowest BCUT2D eigenvalue weighted by atomic mass is 10.2. The Morgan fingerprint density at radius 3 is 2.74 bits per heavy atom. The molecule has 1 atom stereocenters. The van der Waals surface area contributed by atoms with Gasteiger partial charge in [-0.1, -0.05) is 5.16 Å². The molecule has 0 aliphatic carbocycles. The van der Waals surface area contributed by atoms with Gasteiger partial charge in [-0.2, -0.15) is 4.98 Å². The Labute approximate surface area is 109 Å². The lowest BCUT2D eigenvalue weighted by Gasteiger charge is -2.12. The first kappa shape index (κ1) is 13.6. The Bertz CT molecular complexity index is 571. The molecule has 1 heterocycles. The number of hydrogen-bond donors (Lipinski definition) is 1. The molecule has 0 aliphatic rings. The second kappa shape index (κ2) is 5.41. The Hall–Kier alpha value is -1.86. The van der Waals surface area contributed by atoms with E-state index in [9.17, 15) is 8.78 Å². The third-order valence-electron chi connectivity index (χ3n) is 2.50. The number of nitrogens with two attached hydrogens (primary N) is 1. The van der Waals surface area contributed by atoms with Crippen molar-refractivity contribution in [3.05, 3.63) is 35.7 Å². The molecular weight excluding hydrogens is 254 g/mol. The zero-order valence-electron chi connectivity index (χ0n) is 10.6. The van der Waals surface area contributed by atoms with Crippen LogP contribution in [0.5, 0.6) is 0 Å². The van der Waals surface area contributed by atoms with E-state index in [0.717, 1.165) is 12.1 Å². The van der Waals surface area contributed by atoms with Crippen molar-refractivity contribution < 1.29 is 13.3 Å². The van der Waals surface area contributed by atoms with E-state index in [0.29, 0.717) is 6.54 Å². The number of rotatable bonds is 4. The van der Waals surface area contributed by atoms with Gasteiger partial charge >= 0.3 is 0 Å². The van der Waals surface area contributed by atoms with E-state index in [1.807, 2.05) is 19.0 Å². The summed E-state index contributed by atoms with van der Waals surface area (Å²) in [4.78, 5) is 5.91. The fraction of sp³-hybridized carbons (Fsp3) is 0.333. The van der Waals surface area contributed by atoms with Crippen LogP contribution >= 0.6 is 0 Å². The normalized spacial score (nSPS) is 12.9. The Balaban J connectivity index is 2.25. The summed E-state index contributed by atoms with van der Waals surface area (Å²) in [6, 6.07) is 2.71. The average molecular weight is 268 g/mol. The van der Waals surface area contributed by atoms with Gasteiger partial charge < -0.3 is 15.2 Å². The molecule has 0 saturated carbocycles. The fourth-order valence-corrected chi connectivity index (χ4v) is 1.63. The molecule has 1 aromatic carbocycles. The van der Waals surface area contributed by atoms with Gasteiger partial charge in [-0.05, 0) is 26.2 Å². The van der Waals surface area contributed by atoms with Gasteiger partial charge in [0, 0.05) is 12.6 Å². The highest BCUT2D eigenvalue weighted by molar-refractivity contribution is 5.53. The number of likely N-dealkylation sites (N-methyl/N-ethyl adjacent to an activating group) is 1. The van der Waals surface area contributed by atoms with E-state index >= 15 is 0 Å². The average Bonchev–Trinajstić information content (AvgIpc) is 2.77. The minimum absolute atomic E-state index is 0.0123. The Morgan fingerprint density at radius 1 is 1.37 bits per heavy atom. The van der Waals surface area contributed by atoms with Crippen molar-refractivity contribution in [2.45, 2.75) is 6.04 Å². The number of benzene rings is 1. The topological polar surface area (TPSA) is 68.2 Å². The molecule has 0 amide bonds. The predicted molar refractivity (Wildman–Crippen MR) is 65.1 cm³/mol. The molecule has 2 N–H and O–H groups in total. The summed E-state index contributed by atoms with van der Waals surface area (Å²) >= 11 is 0. The monoisotopic (exact) mass is 268 g/mol. The number of halogens is 2. The molecule has 0 aliphatic heterocycles. The van der Waals surface area contributed by atoms with E-state index in [2.05, 4.69) is 10.1 Å². The molecule has 1 aromatic heterocycles. The molecule has 0 spiro atoms. The van der Waals surface area contributed by atoms with Crippen LogP contribution in [0.15, 0.2) is 22.7 Å². The van der Waals surface area contributed by atoms with Crippen LogP contribution in [-0.2, 0) is 0 Å². The van der Waals surface area contributed by atoms with E-state index < -0.39 is 17.7 Å². The summed E-state index contributed by atoms with van der Waals surface area (Å²) < 4.78 is 31.3. The molecule has 2 aromatic rings. The van der Waals surface area contributed by atoms with Crippen LogP contribution in [-0.4, -0.2) is 35.7 Å². The van der Waals surface area contributed by atoms with Crippen LogP contribution in [0.3, 0.4) is 0 Å². The standard InChI is InChI=1S/C12H14F2N4O/c1-18(2)6-10(15)11-16-12(19-17-11)8-4-3-7(13)5-9(8)14/h3-5,10H,6,15H2,1-2H3. The molecule has 0 bridgehead atoms. The van der Waals surface area contributed by atoms with Crippen LogP contribution in [0.25, 0.3) is 11.5 Å². The summed E-state index contributed by atoms with van der Waals surface area (Å²) in [5.74, 6) is -1.14. The summed E-state index contributed by atoms with van der Waals surface area (Å²) in [6.07, 6.45) is 0. The zero-order valence-corrected chi connectivity index (χ0v) is 10.6. The van der Waals surface area contributed by atoms with Gasteiger partial charge in [0.15, 0.2) is 5.82 Å². The zero-order chi connectivity index (χ0) is 14.0. The third kappa shape index (κ3) is 3.12. The van der Waals surface area contributed by atoms with Crippen molar-refractivity contribution in [1.82, 2.24) is 15.0 Å². The lowest BCUT2D eigenvalue weighted by Crippen LogP contribution is -2.26. The van der Waals surface area contributed by atoms with Gasteiger partial charge in [-0.15, -0.1) is 0 Å². The van der Waals surface area contributed by atoms with Gasteiger partial charge in [0.2, 0.25) is 0 Å². The quantitative estimate of drug-likeness (QED) is 0.911. The highest BCUT2D eigenvalue weighted by Gasteiger charge is 2.18. The van der Waals surface area contributed by atoms with Crippen LogP contribution in [0.4, 0.5) is 8.78 Å². The number of hydrogen-bond acceptors (Lipinski definition) is 5.